The highest BCUT2D eigenvalue weighted by atomic mass is 79.9. The van der Waals surface area contributed by atoms with Crippen LogP contribution in [0.25, 0.3) is 0 Å². The molecule has 1 N–H and O–H groups in total. The lowest BCUT2D eigenvalue weighted by Crippen LogP contribution is -2.30. The fraction of sp³-hybridized carbons (Fsp3) is 0.278. The van der Waals surface area contributed by atoms with E-state index in [1.54, 1.807) is 6.92 Å². The lowest BCUT2D eigenvalue weighted by Gasteiger charge is -2.15. The number of halogens is 1. The molecule has 1 atom stereocenters. The van der Waals surface area contributed by atoms with E-state index in [-0.39, 0.29) is 5.91 Å². The number of anilines is 1. The summed E-state index contributed by atoms with van der Waals surface area (Å²) in [6, 6.07) is 15.3. The number of carbonyl (C=O) groups is 1. The summed E-state index contributed by atoms with van der Waals surface area (Å²) in [4.78, 5) is 12.2. The number of hydrogen-bond donors (Lipinski definition) is 1. The maximum atomic E-state index is 12.2. The van der Waals surface area contributed by atoms with Crippen LogP contribution in [0.4, 0.5) is 5.69 Å². The molecule has 2 rings (SSSR count). The van der Waals surface area contributed by atoms with Crippen LogP contribution in [0, 0.1) is 0 Å². The van der Waals surface area contributed by atoms with Gasteiger partial charge in [-0.25, -0.2) is 0 Å². The summed E-state index contributed by atoms with van der Waals surface area (Å²) in [5.41, 5.74) is 2.02. The first-order chi connectivity index (χ1) is 10.5. The van der Waals surface area contributed by atoms with Crippen molar-refractivity contribution in [2.45, 2.75) is 32.8 Å². The molecule has 2 aromatic rings. The minimum Gasteiger partial charge on any atom is -0.481 e. The summed E-state index contributed by atoms with van der Waals surface area (Å²) in [6.45, 7) is 6.02. The lowest BCUT2D eigenvalue weighted by atomic mass is 10.0. The molecule has 0 spiro atoms. The number of amides is 1. The molecule has 2 aromatic carbocycles. The molecule has 1 amide bonds. The molecule has 0 aliphatic carbocycles. The van der Waals surface area contributed by atoms with E-state index in [9.17, 15) is 4.79 Å². The van der Waals surface area contributed by atoms with Crippen molar-refractivity contribution < 1.29 is 9.53 Å². The smallest absolute Gasteiger partial charge is 0.265 e. The molecule has 0 saturated carbocycles. The van der Waals surface area contributed by atoms with Crippen LogP contribution in [0.15, 0.2) is 53.0 Å². The minimum absolute atomic E-state index is 0.169. The number of hydrogen-bond acceptors (Lipinski definition) is 2. The van der Waals surface area contributed by atoms with Gasteiger partial charge < -0.3 is 10.1 Å². The van der Waals surface area contributed by atoms with Gasteiger partial charge in [0.15, 0.2) is 6.10 Å². The highest BCUT2D eigenvalue weighted by Crippen LogP contribution is 2.20. The Balaban J connectivity index is 1.96. The van der Waals surface area contributed by atoms with Gasteiger partial charge >= 0.3 is 0 Å². The van der Waals surface area contributed by atoms with Crippen molar-refractivity contribution in [1.29, 1.82) is 0 Å². The van der Waals surface area contributed by atoms with Crippen LogP contribution >= 0.6 is 15.9 Å². The summed E-state index contributed by atoms with van der Waals surface area (Å²) in [7, 11) is 0. The van der Waals surface area contributed by atoms with Crippen molar-refractivity contribution in [3.8, 4) is 5.75 Å². The fourth-order valence-electron chi connectivity index (χ4n) is 1.99. The first kappa shape index (κ1) is 16.6. The molecular weight excluding hydrogens is 342 g/mol. The minimum atomic E-state index is -0.570. The summed E-state index contributed by atoms with van der Waals surface area (Å²) in [5, 5.41) is 2.87. The normalized spacial score (nSPS) is 12.0. The van der Waals surface area contributed by atoms with E-state index in [0.717, 1.165) is 10.2 Å². The Morgan fingerprint density at radius 3 is 2.36 bits per heavy atom. The molecule has 0 unspecified atom stereocenters. The molecule has 4 heteroatoms. The van der Waals surface area contributed by atoms with Crippen molar-refractivity contribution in [2.75, 3.05) is 5.32 Å². The van der Waals surface area contributed by atoms with Gasteiger partial charge in [0.2, 0.25) is 0 Å². The topological polar surface area (TPSA) is 38.3 Å². The van der Waals surface area contributed by atoms with Gasteiger partial charge in [-0.3, -0.25) is 4.79 Å². The van der Waals surface area contributed by atoms with Crippen molar-refractivity contribution in [3.05, 3.63) is 58.6 Å². The van der Waals surface area contributed by atoms with E-state index >= 15 is 0 Å². The summed E-state index contributed by atoms with van der Waals surface area (Å²) in [6.07, 6.45) is -0.570. The Morgan fingerprint density at radius 2 is 1.77 bits per heavy atom. The Labute approximate surface area is 139 Å². The molecule has 0 aromatic heterocycles. The number of carbonyl (C=O) groups excluding carboxylic acids is 1. The standard InChI is InChI=1S/C18H20BrNO2/c1-12(2)14-7-9-16(10-8-14)20-18(21)13(3)22-17-6-4-5-15(19)11-17/h4-13H,1-3H3,(H,20,21)/t13-/m0/s1. The lowest BCUT2D eigenvalue weighted by molar-refractivity contribution is -0.122. The maximum Gasteiger partial charge on any atom is 0.265 e. The fourth-order valence-corrected chi connectivity index (χ4v) is 2.37. The molecule has 0 heterocycles. The zero-order valence-corrected chi connectivity index (χ0v) is 14.6. The van der Waals surface area contributed by atoms with Gasteiger partial charge in [0.05, 0.1) is 0 Å². The van der Waals surface area contributed by atoms with Crippen molar-refractivity contribution in [1.82, 2.24) is 0 Å². The second-order valence-corrected chi connectivity index (χ2v) is 6.40. The molecule has 0 aliphatic rings. The molecule has 22 heavy (non-hydrogen) atoms. The van der Waals surface area contributed by atoms with Crippen LogP contribution in [-0.2, 0) is 4.79 Å². The highest BCUT2D eigenvalue weighted by Gasteiger charge is 2.15. The molecule has 0 bridgehead atoms. The van der Waals surface area contributed by atoms with Gasteiger partial charge in [-0.05, 0) is 48.7 Å². The van der Waals surface area contributed by atoms with Crippen LogP contribution in [0.2, 0.25) is 0 Å². The van der Waals surface area contributed by atoms with Crippen molar-refractivity contribution in [2.24, 2.45) is 0 Å². The average Bonchev–Trinajstić information content (AvgIpc) is 2.47. The molecule has 0 aliphatic heterocycles. The molecule has 0 radical (unpaired) electrons. The second kappa shape index (κ2) is 7.45. The zero-order valence-electron chi connectivity index (χ0n) is 13.0. The van der Waals surface area contributed by atoms with Crippen LogP contribution < -0.4 is 10.1 Å². The van der Waals surface area contributed by atoms with E-state index in [1.807, 2.05) is 48.5 Å². The third kappa shape index (κ3) is 4.60. The molecule has 0 saturated heterocycles. The van der Waals surface area contributed by atoms with Crippen LogP contribution in [0.3, 0.4) is 0 Å². The number of nitrogens with one attached hydrogen (secondary N) is 1. The average molecular weight is 362 g/mol. The predicted molar refractivity (Wildman–Crippen MR) is 93.4 cm³/mol. The van der Waals surface area contributed by atoms with Gasteiger partial charge in [0.1, 0.15) is 5.75 Å². The quantitative estimate of drug-likeness (QED) is 0.815. The molecule has 116 valence electrons. The summed E-state index contributed by atoms with van der Waals surface area (Å²) in [5.74, 6) is 0.966. The van der Waals surface area contributed by atoms with E-state index in [1.165, 1.54) is 5.56 Å². The van der Waals surface area contributed by atoms with Gasteiger partial charge in [0, 0.05) is 10.2 Å². The summed E-state index contributed by atoms with van der Waals surface area (Å²) < 4.78 is 6.57. The molecule has 0 fully saturated rings. The number of rotatable bonds is 5. The van der Waals surface area contributed by atoms with Crippen molar-refractivity contribution >= 4 is 27.5 Å². The van der Waals surface area contributed by atoms with E-state index in [4.69, 9.17) is 4.74 Å². The number of ether oxygens (including phenoxy) is 1. The monoisotopic (exact) mass is 361 g/mol. The van der Waals surface area contributed by atoms with Crippen LogP contribution in [0.1, 0.15) is 32.3 Å². The second-order valence-electron chi connectivity index (χ2n) is 5.48. The van der Waals surface area contributed by atoms with Crippen molar-refractivity contribution in [3.63, 3.8) is 0 Å². The van der Waals surface area contributed by atoms with Crippen LogP contribution in [0.5, 0.6) is 5.75 Å². The third-order valence-corrected chi connectivity index (χ3v) is 3.82. The Bertz CT molecular complexity index is 638. The SMILES string of the molecule is CC(C)c1ccc(NC(=O)[C@H](C)Oc2cccc(Br)c2)cc1. The van der Waals surface area contributed by atoms with Crippen LogP contribution in [-0.4, -0.2) is 12.0 Å². The third-order valence-electron chi connectivity index (χ3n) is 3.32. The van der Waals surface area contributed by atoms with Gasteiger partial charge in [0.25, 0.3) is 5.91 Å². The van der Waals surface area contributed by atoms with Gasteiger partial charge in [-0.15, -0.1) is 0 Å². The Morgan fingerprint density at radius 1 is 1.09 bits per heavy atom. The first-order valence-electron chi connectivity index (χ1n) is 7.29. The van der Waals surface area contributed by atoms with Gasteiger partial charge in [-0.2, -0.15) is 0 Å². The molecule has 3 nitrogen and oxygen atoms in total. The van der Waals surface area contributed by atoms with E-state index < -0.39 is 6.10 Å². The Kier molecular flexibility index (Phi) is 5.61. The zero-order chi connectivity index (χ0) is 16.1. The maximum absolute atomic E-state index is 12.2. The summed E-state index contributed by atoms with van der Waals surface area (Å²) >= 11 is 3.38. The number of benzene rings is 2. The van der Waals surface area contributed by atoms with E-state index in [2.05, 4.69) is 35.1 Å². The van der Waals surface area contributed by atoms with Gasteiger partial charge in [-0.1, -0.05) is 48.0 Å². The van der Waals surface area contributed by atoms with E-state index in [0.29, 0.717) is 11.7 Å². The highest BCUT2D eigenvalue weighted by molar-refractivity contribution is 9.10. The predicted octanol–water partition coefficient (Wildman–Crippen LogP) is 4.98. The first-order valence-corrected chi connectivity index (χ1v) is 8.08. The Hall–Kier alpha value is -1.81. The largest absolute Gasteiger partial charge is 0.481 e. The molecular formula is C18H20BrNO2.